The molecule has 0 atom stereocenters. The number of H-pyrrole nitrogens is 1. The lowest BCUT2D eigenvalue weighted by Gasteiger charge is -1.95. The van der Waals surface area contributed by atoms with Crippen molar-refractivity contribution in [1.82, 2.24) is 4.98 Å². The third kappa shape index (κ3) is 2.28. The molecule has 0 amide bonds. The van der Waals surface area contributed by atoms with Gasteiger partial charge < -0.3 is 14.2 Å². The molecule has 0 bridgehead atoms. The molecule has 82 valence electrons. The Hall–Kier alpha value is -2.10. The van der Waals surface area contributed by atoms with Crippen LogP contribution in [0.3, 0.4) is 0 Å². The van der Waals surface area contributed by atoms with Crippen molar-refractivity contribution >= 4 is 6.29 Å². The van der Waals surface area contributed by atoms with Crippen LogP contribution in [0.4, 0.5) is 0 Å². The predicted octanol–water partition coefficient (Wildman–Crippen LogP) is 1.77. The van der Waals surface area contributed by atoms with E-state index in [1.54, 1.807) is 12.3 Å². The first-order valence-corrected chi connectivity index (χ1v) is 5.01. The number of nitrogens with one attached hydrogen (secondary N) is 1. The van der Waals surface area contributed by atoms with E-state index in [1.165, 1.54) is 6.07 Å². The van der Waals surface area contributed by atoms with Crippen molar-refractivity contribution in [1.29, 1.82) is 0 Å². The van der Waals surface area contributed by atoms with Gasteiger partial charge in [0.1, 0.15) is 17.8 Å². The number of aldehydes is 1. The zero-order valence-electron chi connectivity index (χ0n) is 8.60. The van der Waals surface area contributed by atoms with E-state index >= 15 is 0 Å². The Balaban J connectivity index is 2.21. The average Bonchev–Trinajstić information content (AvgIpc) is 2.76. The molecule has 0 radical (unpaired) electrons. The lowest BCUT2D eigenvalue weighted by molar-refractivity contribution is -0.107. The highest BCUT2D eigenvalue weighted by Gasteiger charge is 2.04. The number of aromatic amines is 1. The number of pyridine rings is 1. The lowest BCUT2D eigenvalue weighted by Crippen LogP contribution is -2.00. The zero-order chi connectivity index (χ0) is 11.4. The van der Waals surface area contributed by atoms with Crippen LogP contribution in [0.25, 0.3) is 11.3 Å². The molecule has 4 heteroatoms. The molecule has 0 fully saturated rings. The quantitative estimate of drug-likeness (QED) is 0.794. The first-order chi connectivity index (χ1) is 7.79. The number of aryl methyl sites for hydroxylation is 1. The Morgan fingerprint density at radius 1 is 1.25 bits per heavy atom. The predicted molar refractivity (Wildman–Crippen MR) is 59.1 cm³/mol. The van der Waals surface area contributed by atoms with Gasteiger partial charge in [0.25, 0.3) is 0 Å². The summed E-state index contributed by atoms with van der Waals surface area (Å²) in [7, 11) is 0. The van der Waals surface area contributed by atoms with Crippen molar-refractivity contribution < 1.29 is 9.21 Å². The minimum absolute atomic E-state index is 0.142. The maximum atomic E-state index is 10.9. The molecule has 2 rings (SSSR count). The third-order valence-electron chi connectivity index (χ3n) is 2.24. The van der Waals surface area contributed by atoms with Crippen LogP contribution in [0.1, 0.15) is 12.2 Å². The van der Waals surface area contributed by atoms with Gasteiger partial charge in [0.05, 0.1) is 0 Å². The topological polar surface area (TPSA) is 63.1 Å². The Kier molecular flexibility index (Phi) is 3.00. The fourth-order valence-corrected chi connectivity index (χ4v) is 1.43. The maximum absolute atomic E-state index is 10.9. The summed E-state index contributed by atoms with van der Waals surface area (Å²) in [6.45, 7) is 0. The highest BCUT2D eigenvalue weighted by Crippen LogP contribution is 2.20. The summed E-state index contributed by atoms with van der Waals surface area (Å²) in [6.07, 6.45) is 3.53. The van der Waals surface area contributed by atoms with Gasteiger partial charge in [-0.25, -0.2) is 0 Å². The fraction of sp³-hybridized carbons (Fsp3) is 0.167. The largest absolute Gasteiger partial charge is 0.461 e. The van der Waals surface area contributed by atoms with Crippen LogP contribution in [0, 0.1) is 0 Å². The molecule has 1 N–H and O–H groups in total. The molecule has 0 aliphatic heterocycles. The molecule has 0 aromatic carbocycles. The molecule has 0 saturated carbocycles. The summed E-state index contributed by atoms with van der Waals surface area (Å²) in [5.74, 6) is 1.46. The molecule has 2 heterocycles. The number of furan rings is 1. The van der Waals surface area contributed by atoms with Crippen molar-refractivity contribution in [2.24, 2.45) is 0 Å². The van der Waals surface area contributed by atoms with Gasteiger partial charge >= 0.3 is 0 Å². The van der Waals surface area contributed by atoms with E-state index in [0.717, 1.165) is 17.6 Å². The van der Waals surface area contributed by atoms with E-state index in [1.807, 2.05) is 12.1 Å². The summed E-state index contributed by atoms with van der Waals surface area (Å²) in [6, 6.07) is 6.81. The molecule has 0 aliphatic rings. The minimum atomic E-state index is -0.142. The second kappa shape index (κ2) is 4.61. The molecule has 0 unspecified atom stereocenters. The normalized spacial score (nSPS) is 10.2. The fourth-order valence-electron chi connectivity index (χ4n) is 1.43. The third-order valence-corrected chi connectivity index (χ3v) is 2.24. The first-order valence-electron chi connectivity index (χ1n) is 5.01. The average molecular weight is 217 g/mol. The molecule has 0 saturated heterocycles. The van der Waals surface area contributed by atoms with E-state index in [0.29, 0.717) is 18.6 Å². The number of hydrogen-bond donors (Lipinski definition) is 1. The number of rotatable bonds is 4. The number of carbonyl (C=O) groups excluding carboxylic acids is 1. The Bertz CT molecular complexity index is 519. The smallest absolute Gasteiger partial charge is 0.247 e. The summed E-state index contributed by atoms with van der Waals surface area (Å²) in [4.78, 5) is 23.7. The van der Waals surface area contributed by atoms with E-state index in [4.69, 9.17) is 4.42 Å². The van der Waals surface area contributed by atoms with Crippen LogP contribution in [0.5, 0.6) is 0 Å². The molecular weight excluding hydrogens is 206 g/mol. The molecule has 4 nitrogen and oxygen atoms in total. The van der Waals surface area contributed by atoms with Crippen molar-refractivity contribution in [3.63, 3.8) is 0 Å². The lowest BCUT2D eigenvalue weighted by atomic mass is 10.2. The summed E-state index contributed by atoms with van der Waals surface area (Å²) in [5, 5.41) is 0. The van der Waals surface area contributed by atoms with Crippen molar-refractivity contribution in [3.05, 3.63) is 46.6 Å². The molecular formula is C12H11NO3. The Labute approximate surface area is 91.9 Å². The van der Waals surface area contributed by atoms with E-state index < -0.39 is 0 Å². The van der Waals surface area contributed by atoms with Gasteiger partial charge in [-0.15, -0.1) is 0 Å². The van der Waals surface area contributed by atoms with Crippen LogP contribution in [0.2, 0.25) is 0 Å². The van der Waals surface area contributed by atoms with Gasteiger partial charge in [0.2, 0.25) is 5.56 Å². The van der Waals surface area contributed by atoms with Gasteiger partial charge in [-0.2, -0.15) is 0 Å². The van der Waals surface area contributed by atoms with Crippen LogP contribution in [0.15, 0.2) is 39.7 Å². The Morgan fingerprint density at radius 3 is 2.81 bits per heavy atom. The van der Waals surface area contributed by atoms with Gasteiger partial charge in [-0.1, -0.05) is 0 Å². The minimum Gasteiger partial charge on any atom is -0.461 e. The summed E-state index contributed by atoms with van der Waals surface area (Å²) < 4.78 is 5.53. The monoisotopic (exact) mass is 217 g/mol. The molecule has 0 spiro atoms. The molecule has 16 heavy (non-hydrogen) atoms. The zero-order valence-corrected chi connectivity index (χ0v) is 8.60. The van der Waals surface area contributed by atoms with E-state index in [9.17, 15) is 9.59 Å². The van der Waals surface area contributed by atoms with Gasteiger partial charge in [-0.05, 0) is 18.2 Å². The summed E-state index contributed by atoms with van der Waals surface area (Å²) >= 11 is 0. The van der Waals surface area contributed by atoms with Gasteiger partial charge in [0.15, 0.2) is 0 Å². The summed E-state index contributed by atoms with van der Waals surface area (Å²) in [5.41, 5.74) is 0.674. The van der Waals surface area contributed by atoms with Crippen molar-refractivity contribution in [2.75, 3.05) is 0 Å². The van der Waals surface area contributed by atoms with Gasteiger partial charge in [-0.3, -0.25) is 4.79 Å². The van der Waals surface area contributed by atoms with Gasteiger partial charge in [0, 0.05) is 30.7 Å². The standard InChI is InChI=1S/C12H11NO3/c14-7-1-2-10-4-5-11(16-10)9-3-6-12(15)13-8-9/h3-8H,1-2H2,(H,13,15). The highest BCUT2D eigenvalue weighted by atomic mass is 16.3. The molecule has 0 aliphatic carbocycles. The maximum Gasteiger partial charge on any atom is 0.247 e. The van der Waals surface area contributed by atoms with Crippen LogP contribution in [-0.2, 0) is 11.2 Å². The number of aromatic nitrogens is 1. The molecule has 2 aromatic heterocycles. The van der Waals surface area contributed by atoms with E-state index in [-0.39, 0.29) is 5.56 Å². The SMILES string of the molecule is O=CCCc1ccc(-c2ccc(=O)[nH]c2)o1. The van der Waals surface area contributed by atoms with Crippen molar-refractivity contribution in [3.8, 4) is 11.3 Å². The second-order valence-electron chi connectivity index (χ2n) is 3.41. The van der Waals surface area contributed by atoms with Crippen LogP contribution < -0.4 is 5.56 Å². The van der Waals surface area contributed by atoms with Crippen molar-refractivity contribution in [2.45, 2.75) is 12.8 Å². The number of carbonyl (C=O) groups is 1. The van der Waals surface area contributed by atoms with Crippen LogP contribution in [-0.4, -0.2) is 11.3 Å². The second-order valence-corrected chi connectivity index (χ2v) is 3.41. The molecule has 2 aromatic rings. The first kappa shape index (κ1) is 10.4. The number of hydrogen-bond acceptors (Lipinski definition) is 3. The highest BCUT2D eigenvalue weighted by molar-refractivity contribution is 5.56. The Morgan fingerprint density at radius 2 is 2.12 bits per heavy atom. The van der Waals surface area contributed by atoms with Crippen LogP contribution >= 0.6 is 0 Å². The van der Waals surface area contributed by atoms with E-state index in [2.05, 4.69) is 4.98 Å².